The van der Waals surface area contributed by atoms with Crippen molar-refractivity contribution in [3.8, 4) is 0 Å². The molecule has 0 saturated heterocycles. The highest BCUT2D eigenvalue weighted by Gasteiger charge is 2.26. The van der Waals surface area contributed by atoms with Crippen LogP contribution >= 0.6 is 11.6 Å². The van der Waals surface area contributed by atoms with Crippen LogP contribution in [0.25, 0.3) is 0 Å². The first kappa shape index (κ1) is 25.6. The maximum Gasteiger partial charge on any atom is 0.242 e. The van der Waals surface area contributed by atoms with Crippen molar-refractivity contribution in [3.63, 3.8) is 0 Å². The molecule has 1 N–H and O–H groups in total. The number of sulfonamides is 1. The molecule has 7 nitrogen and oxygen atoms in total. The summed E-state index contributed by atoms with van der Waals surface area (Å²) in [5.41, 5.74) is 1.08. The van der Waals surface area contributed by atoms with Crippen molar-refractivity contribution in [2.75, 3.05) is 24.2 Å². The van der Waals surface area contributed by atoms with Gasteiger partial charge >= 0.3 is 0 Å². The van der Waals surface area contributed by atoms with Gasteiger partial charge in [-0.25, -0.2) is 12.8 Å². The van der Waals surface area contributed by atoms with E-state index in [9.17, 15) is 22.4 Å². The Morgan fingerprint density at radius 2 is 1.81 bits per heavy atom. The van der Waals surface area contributed by atoms with Crippen molar-refractivity contribution in [1.82, 2.24) is 10.2 Å². The molecule has 0 aromatic heterocycles. The first-order valence-electron chi connectivity index (χ1n) is 10.0. The van der Waals surface area contributed by atoms with Gasteiger partial charge < -0.3 is 10.2 Å². The van der Waals surface area contributed by atoms with Crippen molar-refractivity contribution in [2.45, 2.75) is 32.4 Å². The molecule has 32 heavy (non-hydrogen) atoms. The average Bonchev–Trinajstić information content (AvgIpc) is 2.74. The fourth-order valence-corrected chi connectivity index (χ4v) is 4.41. The largest absolute Gasteiger partial charge is 0.357 e. The van der Waals surface area contributed by atoms with Gasteiger partial charge in [0, 0.05) is 31.6 Å². The van der Waals surface area contributed by atoms with E-state index in [1.54, 1.807) is 25.1 Å². The Balaban J connectivity index is 2.13. The molecule has 0 saturated carbocycles. The van der Waals surface area contributed by atoms with Crippen LogP contribution in [0.4, 0.5) is 10.1 Å². The lowest BCUT2D eigenvalue weighted by Crippen LogP contribution is -2.46. The third-order valence-electron chi connectivity index (χ3n) is 4.92. The summed E-state index contributed by atoms with van der Waals surface area (Å²) in [6.07, 6.45) is 1.29. The van der Waals surface area contributed by atoms with Crippen LogP contribution in [0.1, 0.15) is 25.3 Å². The van der Waals surface area contributed by atoms with Crippen LogP contribution in [0, 0.1) is 5.82 Å². The lowest BCUT2D eigenvalue weighted by molar-refractivity contribution is -0.140. The number of anilines is 1. The molecular weight excluding hydrogens is 457 g/mol. The van der Waals surface area contributed by atoms with Crippen LogP contribution in [0.3, 0.4) is 0 Å². The highest BCUT2D eigenvalue weighted by atomic mass is 35.5. The summed E-state index contributed by atoms with van der Waals surface area (Å²) >= 11 is 6.04. The van der Waals surface area contributed by atoms with Gasteiger partial charge in [0.2, 0.25) is 21.8 Å². The van der Waals surface area contributed by atoms with Crippen LogP contribution < -0.4 is 9.62 Å². The molecule has 2 rings (SSSR count). The lowest BCUT2D eigenvalue weighted by Gasteiger charge is -2.29. The van der Waals surface area contributed by atoms with Crippen molar-refractivity contribution >= 4 is 39.1 Å². The van der Waals surface area contributed by atoms with Gasteiger partial charge in [-0.1, -0.05) is 23.7 Å². The molecule has 0 aliphatic rings. The standard InChI is InChI=1S/C22H27ClFN3O4S/c1-16(22(29)25-2)26(15-17-6-4-7-18(23)14-17)21(28)8-5-13-27(32(3,30)31)20-11-9-19(24)10-12-20/h4,6-7,9-12,14,16H,5,8,13,15H2,1-3H3,(H,25,29). The molecule has 0 bridgehead atoms. The summed E-state index contributed by atoms with van der Waals surface area (Å²) in [5, 5.41) is 3.06. The SMILES string of the molecule is CNC(=O)C(C)N(Cc1cccc(Cl)c1)C(=O)CCCN(c1ccc(F)cc1)S(C)(=O)=O. The number of amides is 2. The Hall–Kier alpha value is -2.65. The van der Waals surface area contributed by atoms with E-state index in [1.807, 2.05) is 6.07 Å². The highest BCUT2D eigenvalue weighted by Crippen LogP contribution is 2.20. The lowest BCUT2D eigenvalue weighted by atomic mass is 10.1. The van der Waals surface area contributed by atoms with Crippen molar-refractivity contribution in [1.29, 1.82) is 0 Å². The van der Waals surface area contributed by atoms with E-state index in [-0.39, 0.29) is 37.7 Å². The van der Waals surface area contributed by atoms with E-state index >= 15 is 0 Å². The molecule has 0 aliphatic heterocycles. The van der Waals surface area contributed by atoms with E-state index in [2.05, 4.69) is 5.32 Å². The number of likely N-dealkylation sites (N-methyl/N-ethyl adjacent to an activating group) is 1. The van der Waals surface area contributed by atoms with Crippen molar-refractivity contribution in [3.05, 3.63) is 64.9 Å². The molecule has 0 heterocycles. The Morgan fingerprint density at radius 3 is 2.38 bits per heavy atom. The van der Waals surface area contributed by atoms with Gasteiger partial charge in [0.25, 0.3) is 0 Å². The second kappa shape index (κ2) is 11.3. The molecule has 174 valence electrons. The molecule has 0 radical (unpaired) electrons. The van der Waals surface area contributed by atoms with Gasteiger partial charge in [0.15, 0.2) is 0 Å². The maximum absolute atomic E-state index is 13.2. The molecular formula is C22H27ClFN3O4S. The third kappa shape index (κ3) is 7.20. The normalized spacial score (nSPS) is 12.2. The Bertz CT molecular complexity index is 1050. The summed E-state index contributed by atoms with van der Waals surface area (Å²) in [4.78, 5) is 26.6. The first-order chi connectivity index (χ1) is 15.0. The molecule has 2 aromatic carbocycles. The van der Waals surface area contributed by atoms with Crippen LogP contribution in [0.15, 0.2) is 48.5 Å². The number of hydrogen-bond donors (Lipinski definition) is 1. The second-order valence-corrected chi connectivity index (χ2v) is 9.70. The first-order valence-corrected chi connectivity index (χ1v) is 12.2. The summed E-state index contributed by atoms with van der Waals surface area (Å²) in [5.74, 6) is -1.09. The molecule has 0 fully saturated rings. The number of halogens is 2. The molecule has 2 amide bonds. The van der Waals surface area contributed by atoms with Crippen LogP contribution in [0.5, 0.6) is 0 Å². The summed E-state index contributed by atoms with van der Waals surface area (Å²) in [6.45, 7) is 1.85. The van der Waals surface area contributed by atoms with Gasteiger partial charge in [-0.2, -0.15) is 0 Å². The number of carbonyl (C=O) groups excluding carboxylic acids is 2. The molecule has 2 aromatic rings. The highest BCUT2D eigenvalue weighted by molar-refractivity contribution is 7.92. The molecule has 1 atom stereocenters. The third-order valence-corrected chi connectivity index (χ3v) is 6.35. The second-order valence-electron chi connectivity index (χ2n) is 7.36. The van der Waals surface area contributed by atoms with E-state index in [1.165, 1.54) is 36.2 Å². The molecule has 1 unspecified atom stereocenters. The van der Waals surface area contributed by atoms with Crippen LogP contribution in [-0.2, 0) is 26.2 Å². The fourth-order valence-electron chi connectivity index (χ4n) is 3.23. The summed E-state index contributed by atoms with van der Waals surface area (Å²) in [6, 6.07) is 11.4. The van der Waals surface area contributed by atoms with Gasteiger partial charge in [-0.3, -0.25) is 13.9 Å². The molecule has 0 spiro atoms. The minimum absolute atomic E-state index is 0.0229. The maximum atomic E-state index is 13.2. The number of benzene rings is 2. The minimum atomic E-state index is -3.63. The number of rotatable bonds is 10. The molecule has 0 aliphatic carbocycles. The van der Waals surface area contributed by atoms with Gasteiger partial charge in [-0.05, 0) is 55.3 Å². The zero-order valence-electron chi connectivity index (χ0n) is 18.2. The predicted octanol–water partition coefficient (Wildman–Crippen LogP) is 3.19. The zero-order chi connectivity index (χ0) is 23.9. The Kier molecular flexibility index (Phi) is 9.03. The number of hydrogen-bond acceptors (Lipinski definition) is 4. The predicted molar refractivity (Wildman–Crippen MR) is 123 cm³/mol. The van der Waals surface area contributed by atoms with E-state index in [4.69, 9.17) is 11.6 Å². The average molecular weight is 484 g/mol. The fraction of sp³-hybridized carbons (Fsp3) is 0.364. The molecule has 10 heteroatoms. The van der Waals surface area contributed by atoms with Crippen molar-refractivity contribution in [2.24, 2.45) is 0 Å². The van der Waals surface area contributed by atoms with Gasteiger partial charge in [0.1, 0.15) is 11.9 Å². The number of nitrogens with zero attached hydrogens (tertiary/aromatic N) is 2. The number of carbonyl (C=O) groups is 2. The van der Waals surface area contributed by atoms with E-state index in [0.717, 1.165) is 16.1 Å². The zero-order valence-corrected chi connectivity index (χ0v) is 19.8. The summed E-state index contributed by atoms with van der Waals surface area (Å²) in [7, 11) is -2.14. The van der Waals surface area contributed by atoms with Crippen LogP contribution in [-0.4, -0.2) is 51.0 Å². The van der Waals surface area contributed by atoms with E-state index in [0.29, 0.717) is 10.7 Å². The Morgan fingerprint density at radius 1 is 1.16 bits per heavy atom. The smallest absolute Gasteiger partial charge is 0.242 e. The Labute approximate surface area is 193 Å². The quantitative estimate of drug-likeness (QED) is 0.562. The van der Waals surface area contributed by atoms with Crippen molar-refractivity contribution < 1.29 is 22.4 Å². The topological polar surface area (TPSA) is 86.8 Å². The van der Waals surface area contributed by atoms with Crippen LogP contribution in [0.2, 0.25) is 5.02 Å². The monoisotopic (exact) mass is 483 g/mol. The number of nitrogens with one attached hydrogen (secondary N) is 1. The summed E-state index contributed by atoms with van der Waals surface area (Å²) < 4.78 is 38.8. The van der Waals surface area contributed by atoms with E-state index < -0.39 is 21.9 Å². The minimum Gasteiger partial charge on any atom is -0.357 e. The van der Waals surface area contributed by atoms with Gasteiger partial charge in [-0.15, -0.1) is 0 Å². The van der Waals surface area contributed by atoms with Gasteiger partial charge in [0.05, 0.1) is 11.9 Å².